The van der Waals surface area contributed by atoms with E-state index in [-0.39, 0.29) is 24.5 Å². The number of carbonyl (C=O) groups excluding carboxylic acids is 1. The molecule has 0 aliphatic rings. The van der Waals surface area contributed by atoms with Crippen molar-refractivity contribution in [2.45, 2.75) is 32.9 Å². The zero-order valence-electron chi connectivity index (χ0n) is 16.9. The monoisotopic (exact) mass is 449 g/mol. The number of hydrogen-bond acceptors (Lipinski definition) is 6. The Morgan fingerprint density at radius 2 is 1.97 bits per heavy atom. The Hall–Kier alpha value is -3.28. The van der Waals surface area contributed by atoms with Crippen molar-refractivity contribution in [3.8, 4) is 0 Å². The third-order valence-electron chi connectivity index (χ3n) is 4.90. The van der Waals surface area contributed by atoms with Gasteiger partial charge in [-0.25, -0.2) is 14.9 Å². The van der Waals surface area contributed by atoms with Crippen molar-refractivity contribution in [1.82, 2.24) is 29.6 Å². The molecule has 1 aromatic carbocycles. The first-order chi connectivity index (χ1) is 14.6. The van der Waals surface area contributed by atoms with E-state index in [1.807, 2.05) is 35.9 Å². The van der Waals surface area contributed by atoms with E-state index in [4.69, 9.17) is 0 Å². The lowest BCUT2D eigenvalue weighted by atomic mass is 10.1. The van der Waals surface area contributed by atoms with Crippen molar-refractivity contribution < 1.29 is 18.0 Å². The van der Waals surface area contributed by atoms with Gasteiger partial charge < -0.3 is 4.57 Å². The van der Waals surface area contributed by atoms with E-state index in [1.165, 1.54) is 11.3 Å². The van der Waals surface area contributed by atoms with Crippen molar-refractivity contribution >= 4 is 33.2 Å². The van der Waals surface area contributed by atoms with E-state index in [1.54, 1.807) is 13.8 Å². The molecular weight excluding hydrogens is 431 g/mol. The zero-order chi connectivity index (χ0) is 22.3. The number of rotatable bonds is 4. The van der Waals surface area contributed by atoms with Crippen molar-refractivity contribution in [3.05, 3.63) is 51.8 Å². The van der Waals surface area contributed by atoms with Crippen LogP contribution in [-0.2, 0) is 24.4 Å². The lowest BCUT2D eigenvalue weighted by Gasteiger charge is -2.09. The fourth-order valence-corrected chi connectivity index (χ4v) is 4.26. The fraction of sp³-hybridized carbons (Fsp3) is 0.316. The summed E-state index contributed by atoms with van der Waals surface area (Å²) in [6.07, 6.45) is -4.28. The van der Waals surface area contributed by atoms with Crippen LogP contribution in [0.25, 0.3) is 16.0 Å². The lowest BCUT2D eigenvalue weighted by Crippen LogP contribution is -2.23. The molecule has 12 heteroatoms. The van der Waals surface area contributed by atoms with Crippen molar-refractivity contribution in [2.75, 3.05) is 0 Å². The third-order valence-corrected chi connectivity index (χ3v) is 6.01. The van der Waals surface area contributed by atoms with Crippen LogP contribution in [0.2, 0.25) is 0 Å². The van der Waals surface area contributed by atoms with E-state index in [0.717, 1.165) is 14.7 Å². The Morgan fingerprint density at radius 1 is 1.23 bits per heavy atom. The van der Waals surface area contributed by atoms with Gasteiger partial charge in [0.05, 0.1) is 10.2 Å². The van der Waals surface area contributed by atoms with E-state index in [9.17, 15) is 18.0 Å². The van der Waals surface area contributed by atoms with Gasteiger partial charge in [0.2, 0.25) is 10.7 Å². The molecule has 0 saturated carbocycles. The molecule has 1 N–H and O–H groups in total. The van der Waals surface area contributed by atoms with E-state index in [2.05, 4.69) is 25.6 Å². The molecule has 1 amide bonds. The Labute approximate surface area is 178 Å². The van der Waals surface area contributed by atoms with Gasteiger partial charge in [0.15, 0.2) is 0 Å². The highest BCUT2D eigenvalue weighted by molar-refractivity contribution is 7.16. The maximum absolute atomic E-state index is 12.9. The molecule has 162 valence electrons. The summed E-state index contributed by atoms with van der Waals surface area (Å²) in [7, 11) is 1.87. The van der Waals surface area contributed by atoms with Crippen molar-refractivity contribution in [1.29, 1.82) is 0 Å². The van der Waals surface area contributed by atoms with E-state index < -0.39 is 12.0 Å². The number of aromatic nitrogens is 5. The minimum Gasteiger partial charge on any atom is -0.318 e. The largest absolute Gasteiger partial charge is 0.453 e. The maximum Gasteiger partial charge on any atom is 0.453 e. The van der Waals surface area contributed by atoms with E-state index in [0.29, 0.717) is 21.8 Å². The number of carbonyl (C=O) groups is 1. The molecule has 3 heterocycles. The predicted molar refractivity (Wildman–Crippen MR) is 108 cm³/mol. The molecule has 4 rings (SSSR count). The topological polar surface area (TPSA) is 89.5 Å². The second-order valence-corrected chi connectivity index (χ2v) is 7.97. The van der Waals surface area contributed by atoms with Gasteiger partial charge in [0, 0.05) is 24.9 Å². The summed E-state index contributed by atoms with van der Waals surface area (Å²) in [6, 6.07) is 7.81. The number of amides is 1. The number of fused-ring (bicyclic) bond motifs is 2. The van der Waals surface area contributed by atoms with Crippen LogP contribution in [0.4, 0.5) is 13.2 Å². The molecular formula is C19H18F3N7OS. The van der Waals surface area contributed by atoms with Gasteiger partial charge in [-0.15, -0.1) is 10.2 Å². The van der Waals surface area contributed by atoms with E-state index >= 15 is 0 Å². The highest BCUT2D eigenvalue weighted by Crippen LogP contribution is 2.27. The number of alkyl halides is 3. The molecule has 0 bridgehead atoms. The van der Waals surface area contributed by atoms with Crippen molar-refractivity contribution in [3.63, 3.8) is 0 Å². The molecule has 0 spiro atoms. The highest BCUT2D eigenvalue weighted by Gasteiger charge is 2.36. The van der Waals surface area contributed by atoms with Crippen LogP contribution in [0.3, 0.4) is 0 Å². The number of halogens is 3. The van der Waals surface area contributed by atoms with Gasteiger partial charge in [0.25, 0.3) is 11.6 Å². The smallest absolute Gasteiger partial charge is 0.318 e. The molecule has 0 fully saturated rings. The number of thiazole rings is 1. The van der Waals surface area contributed by atoms with Gasteiger partial charge >= 0.3 is 6.18 Å². The SMILES string of the molecule is Cc1nc2nc(C(F)(F)F)nn2c(C)c1CCC(=O)N/N=c1/sc2ccccc2n1C. The first-order valence-corrected chi connectivity index (χ1v) is 10.1. The average Bonchev–Trinajstić information content (AvgIpc) is 3.28. The van der Waals surface area contributed by atoms with Crippen molar-refractivity contribution in [2.24, 2.45) is 12.1 Å². The van der Waals surface area contributed by atoms with Crippen LogP contribution in [-0.4, -0.2) is 30.1 Å². The Kier molecular flexibility index (Phi) is 5.25. The number of nitrogens with one attached hydrogen (secondary N) is 1. The molecule has 8 nitrogen and oxygen atoms in total. The molecule has 0 saturated heterocycles. The Morgan fingerprint density at radius 3 is 2.68 bits per heavy atom. The first-order valence-electron chi connectivity index (χ1n) is 9.32. The Balaban J connectivity index is 1.52. The number of para-hydroxylation sites is 1. The number of hydrogen-bond donors (Lipinski definition) is 1. The molecule has 3 aromatic heterocycles. The predicted octanol–water partition coefficient (Wildman–Crippen LogP) is 2.88. The number of benzene rings is 1. The van der Waals surface area contributed by atoms with Crippen LogP contribution in [0.5, 0.6) is 0 Å². The molecule has 0 atom stereocenters. The van der Waals surface area contributed by atoms with Gasteiger partial charge in [-0.2, -0.15) is 18.2 Å². The second kappa shape index (κ2) is 7.76. The quantitative estimate of drug-likeness (QED) is 0.485. The summed E-state index contributed by atoms with van der Waals surface area (Å²) >= 11 is 1.45. The van der Waals surface area contributed by atoms with Crippen LogP contribution in [0.1, 0.15) is 29.2 Å². The average molecular weight is 449 g/mol. The van der Waals surface area contributed by atoms with Crippen LogP contribution < -0.4 is 10.2 Å². The minimum absolute atomic E-state index is 0.0911. The second-order valence-electron chi connectivity index (χ2n) is 6.96. The molecule has 0 radical (unpaired) electrons. The highest BCUT2D eigenvalue weighted by atomic mass is 32.1. The summed E-state index contributed by atoms with van der Waals surface area (Å²) in [5.74, 6) is -1.68. The third kappa shape index (κ3) is 4.02. The number of nitrogens with zero attached hydrogens (tertiary/aromatic N) is 6. The zero-order valence-corrected chi connectivity index (χ0v) is 17.7. The molecule has 0 aliphatic carbocycles. The molecule has 0 unspecified atom stereocenters. The lowest BCUT2D eigenvalue weighted by molar-refractivity contribution is -0.144. The van der Waals surface area contributed by atoms with Crippen LogP contribution in [0.15, 0.2) is 29.4 Å². The number of aryl methyl sites for hydroxylation is 3. The van der Waals surface area contributed by atoms with Gasteiger partial charge in [-0.05, 0) is 38.0 Å². The summed E-state index contributed by atoms with van der Waals surface area (Å²) in [5.41, 5.74) is 5.17. The fourth-order valence-electron chi connectivity index (χ4n) is 3.28. The minimum atomic E-state index is -4.65. The molecule has 31 heavy (non-hydrogen) atoms. The normalized spacial score (nSPS) is 12.8. The van der Waals surface area contributed by atoms with Crippen LogP contribution in [0, 0.1) is 13.8 Å². The van der Waals surface area contributed by atoms with Gasteiger partial charge in [0.1, 0.15) is 0 Å². The molecule has 0 aliphatic heterocycles. The standard InChI is InChI=1S/C19H18F3N7OS/c1-10-12(11(2)29-17(23-10)24-16(27-29)19(20,21)22)8-9-15(30)25-26-18-28(3)13-6-4-5-7-14(13)31-18/h4-7H,8-9H2,1-3H3,(H,25,30)/b26-18+. The van der Waals surface area contributed by atoms with Gasteiger partial charge in [-0.3, -0.25) is 4.79 Å². The maximum atomic E-state index is 12.9. The summed E-state index contributed by atoms with van der Waals surface area (Å²) in [5, 5.41) is 7.71. The summed E-state index contributed by atoms with van der Waals surface area (Å²) in [4.78, 5) is 20.5. The molecule has 4 aromatic rings. The first kappa shape index (κ1) is 21.0. The van der Waals surface area contributed by atoms with Crippen LogP contribution >= 0.6 is 11.3 Å². The Bertz CT molecular complexity index is 1370. The summed E-state index contributed by atoms with van der Waals surface area (Å²) < 4.78 is 42.7. The van der Waals surface area contributed by atoms with Gasteiger partial charge in [-0.1, -0.05) is 23.5 Å². The summed E-state index contributed by atoms with van der Waals surface area (Å²) in [6.45, 7) is 3.30.